The summed E-state index contributed by atoms with van der Waals surface area (Å²) in [7, 11) is 1.80. The van der Waals surface area contributed by atoms with Gasteiger partial charge >= 0.3 is 0 Å². The van der Waals surface area contributed by atoms with Crippen LogP contribution in [0.4, 0.5) is 0 Å². The Labute approximate surface area is 183 Å². The summed E-state index contributed by atoms with van der Waals surface area (Å²) in [6.07, 6.45) is 5.18. The van der Waals surface area contributed by atoms with Gasteiger partial charge in [0.1, 0.15) is 5.76 Å². The first kappa shape index (κ1) is 22.0. The van der Waals surface area contributed by atoms with Crippen LogP contribution in [0.25, 0.3) is 0 Å². The van der Waals surface area contributed by atoms with Crippen molar-refractivity contribution in [3.05, 3.63) is 59.0 Å². The second kappa shape index (κ2) is 11.6. The van der Waals surface area contributed by atoms with Gasteiger partial charge in [-0.1, -0.05) is 23.7 Å². The van der Waals surface area contributed by atoms with Crippen molar-refractivity contribution >= 4 is 41.5 Å². The van der Waals surface area contributed by atoms with Crippen molar-refractivity contribution in [3.63, 3.8) is 0 Å². The fourth-order valence-corrected chi connectivity index (χ4v) is 3.46. The molecule has 7 heteroatoms. The highest BCUT2D eigenvalue weighted by Crippen LogP contribution is 2.24. The van der Waals surface area contributed by atoms with Gasteiger partial charge in [-0.25, -0.2) is 0 Å². The average Bonchev–Trinajstić information content (AvgIpc) is 3.36. The Kier molecular flexibility index (Phi) is 9.44. The van der Waals surface area contributed by atoms with Crippen LogP contribution in [0.3, 0.4) is 0 Å². The smallest absolute Gasteiger partial charge is 0.191 e. The molecule has 2 aromatic rings. The highest BCUT2D eigenvalue weighted by atomic mass is 127. The summed E-state index contributed by atoms with van der Waals surface area (Å²) in [5.74, 6) is 1.82. The predicted molar refractivity (Wildman–Crippen MR) is 122 cm³/mol. The van der Waals surface area contributed by atoms with E-state index >= 15 is 0 Å². The molecule has 1 aliphatic heterocycles. The number of rotatable bonds is 7. The first-order valence-electron chi connectivity index (χ1n) is 9.22. The molecule has 2 heterocycles. The maximum Gasteiger partial charge on any atom is 0.191 e. The third-order valence-electron chi connectivity index (χ3n) is 4.76. The molecule has 1 fully saturated rings. The number of benzene rings is 1. The average molecular weight is 503 g/mol. The van der Waals surface area contributed by atoms with Crippen molar-refractivity contribution in [2.45, 2.75) is 25.3 Å². The van der Waals surface area contributed by atoms with Crippen molar-refractivity contribution in [3.8, 4) is 0 Å². The van der Waals surface area contributed by atoms with Crippen LogP contribution in [0.1, 0.15) is 30.2 Å². The quantitative estimate of drug-likeness (QED) is 0.340. The van der Waals surface area contributed by atoms with Crippen LogP contribution in [0.15, 0.2) is 52.1 Å². The van der Waals surface area contributed by atoms with Crippen LogP contribution >= 0.6 is 35.6 Å². The molecule has 0 saturated carbocycles. The van der Waals surface area contributed by atoms with Gasteiger partial charge in [0.2, 0.25) is 0 Å². The molecule has 0 amide bonds. The zero-order chi connectivity index (χ0) is 18.2. The van der Waals surface area contributed by atoms with Gasteiger partial charge in [-0.2, -0.15) is 0 Å². The topological polar surface area (TPSA) is 52.8 Å². The van der Waals surface area contributed by atoms with E-state index in [1.54, 1.807) is 13.3 Å². The fraction of sp³-hybridized carbons (Fsp3) is 0.450. The molecule has 27 heavy (non-hydrogen) atoms. The Bertz CT molecular complexity index is 685. The third kappa shape index (κ3) is 6.69. The minimum absolute atomic E-state index is 0. The standard InChI is InChI=1S/C20H27ClN4O.HI/c1-22-20(23-11-10-16-6-8-17(21)9-7-16)24-15-18(19-5-4-14-26-19)25-12-2-3-13-25;/h4-9,14,18H,2-3,10-13,15H2,1H3,(H2,22,23,24);1H. The number of hydrogen-bond donors (Lipinski definition) is 2. The minimum Gasteiger partial charge on any atom is -0.468 e. The van der Waals surface area contributed by atoms with Crippen LogP contribution in [-0.2, 0) is 6.42 Å². The summed E-state index contributed by atoms with van der Waals surface area (Å²) in [6, 6.07) is 12.2. The number of furan rings is 1. The Morgan fingerprint density at radius 1 is 1.19 bits per heavy atom. The van der Waals surface area contributed by atoms with E-state index in [2.05, 4.69) is 38.7 Å². The van der Waals surface area contributed by atoms with Crippen molar-refractivity contribution in [2.24, 2.45) is 4.99 Å². The van der Waals surface area contributed by atoms with Crippen molar-refractivity contribution in [2.75, 3.05) is 33.2 Å². The van der Waals surface area contributed by atoms with Gasteiger partial charge in [-0.3, -0.25) is 9.89 Å². The summed E-state index contributed by atoms with van der Waals surface area (Å²) in [5.41, 5.74) is 1.25. The maximum atomic E-state index is 5.93. The highest BCUT2D eigenvalue weighted by molar-refractivity contribution is 14.0. The molecule has 1 aromatic carbocycles. The Balaban J connectivity index is 0.00000261. The Morgan fingerprint density at radius 2 is 1.93 bits per heavy atom. The van der Waals surface area contributed by atoms with Crippen molar-refractivity contribution < 1.29 is 4.42 Å². The number of nitrogens with one attached hydrogen (secondary N) is 2. The van der Waals surface area contributed by atoms with Crippen LogP contribution in [0.2, 0.25) is 5.02 Å². The molecule has 148 valence electrons. The summed E-state index contributed by atoms with van der Waals surface area (Å²) in [5, 5.41) is 7.60. The second-order valence-corrected chi connectivity index (χ2v) is 6.97. The van der Waals surface area contributed by atoms with Crippen molar-refractivity contribution in [1.29, 1.82) is 0 Å². The fourth-order valence-electron chi connectivity index (χ4n) is 3.33. The molecule has 1 aliphatic rings. The normalized spacial score (nSPS) is 16.0. The molecule has 1 unspecified atom stereocenters. The first-order chi connectivity index (χ1) is 12.8. The van der Waals surface area contributed by atoms with E-state index in [4.69, 9.17) is 16.0 Å². The zero-order valence-electron chi connectivity index (χ0n) is 15.7. The van der Waals surface area contributed by atoms with Gasteiger partial charge in [0, 0.05) is 25.2 Å². The number of likely N-dealkylation sites (tertiary alicyclic amines) is 1. The van der Waals surface area contributed by atoms with E-state index in [0.717, 1.165) is 49.3 Å². The molecule has 1 aromatic heterocycles. The summed E-state index contributed by atoms with van der Waals surface area (Å²) >= 11 is 5.93. The summed E-state index contributed by atoms with van der Waals surface area (Å²) < 4.78 is 5.67. The molecule has 0 aliphatic carbocycles. The number of halogens is 2. The first-order valence-corrected chi connectivity index (χ1v) is 9.60. The van der Waals surface area contributed by atoms with E-state index in [1.807, 2.05) is 18.2 Å². The van der Waals surface area contributed by atoms with Gasteiger partial charge in [-0.15, -0.1) is 24.0 Å². The molecule has 0 spiro atoms. The maximum absolute atomic E-state index is 5.93. The molecular weight excluding hydrogens is 475 g/mol. The molecule has 0 bridgehead atoms. The van der Waals surface area contributed by atoms with E-state index in [1.165, 1.54) is 18.4 Å². The second-order valence-electron chi connectivity index (χ2n) is 6.53. The van der Waals surface area contributed by atoms with Gasteiger partial charge in [0.25, 0.3) is 0 Å². The number of guanidine groups is 1. The number of nitrogens with zero attached hydrogens (tertiary/aromatic N) is 2. The minimum atomic E-state index is 0. The van der Waals surface area contributed by atoms with Crippen LogP contribution in [-0.4, -0.2) is 44.1 Å². The van der Waals surface area contributed by atoms with Crippen molar-refractivity contribution in [1.82, 2.24) is 15.5 Å². The van der Waals surface area contributed by atoms with E-state index in [0.29, 0.717) is 0 Å². The lowest BCUT2D eigenvalue weighted by Gasteiger charge is -2.26. The molecule has 3 rings (SSSR count). The summed E-state index contributed by atoms with van der Waals surface area (Å²) in [4.78, 5) is 6.82. The van der Waals surface area contributed by atoms with E-state index < -0.39 is 0 Å². The predicted octanol–water partition coefficient (Wildman–Crippen LogP) is 4.10. The molecule has 5 nitrogen and oxygen atoms in total. The van der Waals surface area contributed by atoms with Gasteiger partial charge in [0.15, 0.2) is 5.96 Å². The van der Waals surface area contributed by atoms with Gasteiger partial charge in [0.05, 0.1) is 12.3 Å². The number of aliphatic imine (C=N–C) groups is 1. The zero-order valence-corrected chi connectivity index (χ0v) is 18.7. The highest BCUT2D eigenvalue weighted by Gasteiger charge is 2.25. The van der Waals surface area contributed by atoms with E-state index in [9.17, 15) is 0 Å². The SMILES string of the molecule is CN=C(NCCc1ccc(Cl)cc1)NCC(c1ccco1)N1CCCC1.I. The van der Waals surface area contributed by atoms with Crippen LogP contribution in [0.5, 0.6) is 0 Å². The third-order valence-corrected chi connectivity index (χ3v) is 5.01. The lowest BCUT2D eigenvalue weighted by atomic mass is 10.1. The van der Waals surface area contributed by atoms with Crippen LogP contribution < -0.4 is 10.6 Å². The molecule has 2 N–H and O–H groups in total. The number of hydrogen-bond acceptors (Lipinski definition) is 3. The van der Waals surface area contributed by atoms with Gasteiger partial charge < -0.3 is 15.1 Å². The molecular formula is C20H28ClIN4O. The molecule has 0 radical (unpaired) electrons. The molecule has 1 saturated heterocycles. The van der Waals surface area contributed by atoms with Gasteiger partial charge in [-0.05, 0) is 62.2 Å². The lowest BCUT2D eigenvalue weighted by molar-refractivity contribution is 0.215. The summed E-state index contributed by atoms with van der Waals surface area (Å²) in [6.45, 7) is 3.83. The lowest BCUT2D eigenvalue weighted by Crippen LogP contribution is -2.43. The largest absolute Gasteiger partial charge is 0.468 e. The van der Waals surface area contributed by atoms with E-state index in [-0.39, 0.29) is 30.0 Å². The Morgan fingerprint density at radius 3 is 2.56 bits per heavy atom. The Hall–Kier alpha value is -1.25. The molecule has 1 atom stereocenters. The monoisotopic (exact) mass is 502 g/mol. The van der Waals surface area contributed by atoms with Crippen LogP contribution in [0, 0.1) is 0 Å².